The molecule has 6 rings (SSSR count). The molecule has 0 amide bonds. The van der Waals surface area contributed by atoms with Crippen LogP contribution >= 0.6 is 0 Å². The van der Waals surface area contributed by atoms with Crippen LogP contribution in [0.25, 0.3) is 0 Å². The summed E-state index contributed by atoms with van der Waals surface area (Å²) in [5.74, 6) is 1.37. The first kappa shape index (κ1) is 17.2. The number of hydrogen-bond donors (Lipinski definition) is 1. The number of aromatic hydroxyl groups is 1. The molecule has 3 atom stereocenters. The number of benzene rings is 2. The lowest BCUT2D eigenvalue weighted by Crippen LogP contribution is -2.59. The lowest BCUT2D eigenvalue weighted by molar-refractivity contribution is -0.00871. The molecule has 0 radical (unpaired) electrons. The molecule has 0 saturated carbocycles. The van der Waals surface area contributed by atoms with Gasteiger partial charge in [-0.25, -0.2) is 4.39 Å². The van der Waals surface area contributed by atoms with E-state index in [4.69, 9.17) is 0 Å². The highest BCUT2D eigenvalue weighted by molar-refractivity contribution is 5.34. The van der Waals surface area contributed by atoms with Gasteiger partial charge in [0.2, 0.25) is 0 Å². The summed E-state index contributed by atoms with van der Waals surface area (Å²) < 4.78 is 14.1. The monoisotopic (exact) mass is 366 g/mol. The molecule has 4 aliphatic heterocycles. The number of rotatable bonds is 3. The van der Waals surface area contributed by atoms with E-state index in [2.05, 4.69) is 21.9 Å². The summed E-state index contributed by atoms with van der Waals surface area (Å²) in [4.78, 5) is 5.24. The highest BCUT2D eigenvalue weighted by Crippen LogP contribution is 2.47. The van der Waals surface area contributed by atoms with Crippen LogP contribution in [0.4, 0.5) is 4.39 Å². The van der Waals surface area contributed by atoms with E-state index in [1.807, 2.05) is 25.1 Å². The second-order valence-corrected chi connectivity index (χ2v) is 8.57. The van der Waals surface area contributed by atoms with Crippen molar-refractivity contribution in [1.29, 1.82) is 0 Å². The van der Waals surface area contributed by atoms with E-state index in [-0.39, 0.29) is 5.82 Å². The van der Waals surface area contributed by atoms with Crippen molar-refractivity contribution in [2.24, 2.45) is 5.92 Å². The largest absolute Gasteiger partial charge is 0.508 e. The second-order valence-electron chi connectivity index (χ2n) is 8.57. The molecule has 3 nitrogen and oxygen atoms in total. The van der Waals surface area contributed by atoms with Gasteiger partial charge in [-0.15, -0.1) is 0 Å². The summed E-state index contributed by atoms with van der Waals surface area (Å²) in [5, 5.41) is 9.99. The van der Waals surface area contributed by atoms with Gasteiger partial charge in [0.1, 0.15) is 11.6 Å². The predicted molar refractivity (Wildman–Crippen MR) is 104 cm³/mol. The molecule has 4 heteroatoms. The number of likely N-dealkylation sites (tertiary alicyclic amines) is 1. The third-order valence-corrected chi connectivity index (χ3v) is 7.01. The standard InChI is InChI=1S/C23H27FN2O/c1-15-5-6-16(11-21(15)24)13-26-14-20(18-3-2-4-19(27)12-18)23-22(26)17-7-9-25(23)10-8-17/h2-6,11-12,17,20,22-23,27H,7-10,13-14H2,1H3/t20-,22+,23+/m0/s1. The van der Waals surface area contributed by atoms with E-state index in [9.17, 15) is 9.50 Å². The van der Waals surface area contributed by atoms with Gasteiger partial charge < -0.3 is 5.11 Å². The summed E-state index contributed by atoms with van der Waals surface area (Å²) in [5.41, 5.74) is 3.00. The highest BCUT2D eigenvalue weighted by atomic mass is 19.1. The van der Waals surface area contributed by atoms with E-state index in [1.165, 1.54) is 31.5 Å². The van der Waals surface area contributed by atoms with Crippen LogP contribution in [0.1, 0.15) is 35.4 Å². The number of piperidine rings is 3. The SMILES string of the molecule is Cc1ccc(CN2C[C@@H](c3cccc(O)c3)[C@@H]3[C@H]2C2CCN3CC2)cc1F. The van der Waals surface area contributed by atoms with Crippen LogP contribution in [0, 0.1) is 18.7 Å². The lowest BCUT2D eigenvalue weighted by atomic mass is 9.75. The molecule has 4 aliphatic rings. The number of hydrogen-bond acceptors (Lipinski definition) is 3. The molecule has 0 spiro atoms. The molecule has 142 valence electrons. The lowest BCUT2D eigenvalue weighted by Gasteiger charge is -2.51. The zero-order valence-electron chi connectivity index (χ0n) is 15.8. The third kappa shape index (κ3) is 2.95. The molecule has 4 fully saturated rings. The van der Waals surface area contributed by atoms with E-state index in [1.54, 1.807) is 12.1 Å². The van der Waals surface area contributed by atoms with Crippen molar-refractivity contribution in [3.63, 3.8) is 0 Å². The Morgan fingerprint density at radius 3 is 2.63 bits per heavy atom. The summed E-state index contributed by atoms with van der Waals surface area (Å²) in [7, 11) is 0. The first-order valence-electron chi connectivity index (χ1n) is 10.1. The van der Waals surface area contributed by atoms with Crippen LogP contribution in [-0.4, -0.2) is 46.6 Å². The van der Waals surface area contributed by atoms with E-state index < -0.39 is 0 Å². The van der Waals surface area contributed by atoms with Crippen LogP contribution in [0.15, 0.2) is 42.5 Å². The molecule has 0 aromatic heterocycles. The van der Waals surface area contributed by atoms with E-state index in [0.29, 0.717) is 29.3 Å². The Kier molecular flexibility index (Phi) is 4.21. The minimum absolute atomic E-state index is 0.110. The molecule has 4 heterocycles. The van der Waals surface area contributed by atoms with Crippen molar-refractivity contribution >= 4 is 0 Å². The molecule has 2 bridgehead atoms. The van der Waals surface area contributed by atoms with Gasteiger partial charge in [-0.3, -0.25) is 9.80 Å². The maximum Gasteiger partial charge on any atom is 0.126 e. The fourth-order valence-electron chi connectivity index (χ4n) is 5.74. The summed E-state index contributed by atoms with van der Waals surface area (Å²) in [6, 6.07) is 14.5. The Hall–Kier alpha value is -1.91. The molecular formula is C23H27FN2O. The average molecular weight is 366 g/mol. The molecule has 27 heavy (non-hydrogen) atoms. The van der Waals surface area contributed by atoms with Crippen LogP contribution in [0.5, 0.6) is 5.75 Å². The van der Waals surface area contributed by atoms with Crippen molar-refractivity contribution in [2.45, 2.75) is 44.3 Å². The normalized spacial score (nSPS) is 32.6. The maximum atomic E-state index is 14.1. The van der Waals surface area contributed by atoms with E-state index in [0.717, 1.165) is 24.6 Å². The van der Waals surface area contributed by atoms with Gasteiger partial charge >= 0.3 is 0 Å². The summed E-state index contributed by atoms with van der Waals surface area (Å²) >= 11 is 0. The quantitative estimate of drug-likeness (QED) is 0.892. The molecular weight excluding hydrogens is 339 g/mol. The van der Waals surface area contributed by atoms with Gasteiger partial charge in [-0.1, -0.05) is 24.3 Å². The van der Waals surface area contributed by atoms with Crippen molar-refractivity contribution in [3.8, 4) is 5.75 Å². The Morgan fingerprint density at radius 2 is 1.89 bits per heavy atom. The van der Waals surface area contributed by atoms with Crippen LogP contribution in [0.3, 0.4) is 0 Å². The third-order valence-electron chi connectivity index (χ3n) is 7.01. The maximum absolute atomic E-state index is 14.1. The van der Waals surface area contributed by atoms with Gasteiger partial charge in [0, 0.05) is 31.1 Å². The number of nitrogens with zero attached hydrogens (tertiary/aromatic N) is 2. The first-order valence-corrected chi connectivity index (χ1v) is 10.1. The van der Waals surface area contributed by atoms with E-state index >= 15 is 0 Å². The van der Waals surface area contributed by atoms with Gasteiger partial charge in [-0.05, 0) is 73.7 Å². The molecule has 0 unspecified atom stereocenters. The number of phenols is 1. The number of aryl methyl sites for hydroxylation is 1. The predicted octanol–water partition coefficient (Wildman–Crippen LogP) is 3.90. The second kappa shape index (κ2) is 6.61. The zero-order chi connectivity index (χ0) is 18.5. The van der Waals surface area contributed by atoms with Crippen molar-refractivity contribution in [3.05, 3.63) is 65.0 Å². The Bertz CT molecular complexity index is 846. The highest BCUT2D eigenvalue weighted by Gasteiger charge is 2.53. The molecule has 4 saturated heterocycles. The summed E-state index contributed by atoms with van der Waals surface area (Å²) in [6.45, 7) is 5.97. The average Bonchev–Trinajstić information content (AvgIpc) is 3.07. The van der Waals surface area contributed by atoms with Gasteiger partial charge in [0.15, 0.2) is 0 Å². The van der Waals surface area contributed by atoms with Gasteiger partial charge in [0.05, 0.1) is 0 Å². The van der Waals surface area contributed by atoms with Crippen molar-refractivity contribution in [1.82, 2.24) is 9.80 Å². The Balaban J connectivity index is 1.47. The fourth-order valence-corrected chi connectivity index (χ4v) is 5.74. The summed E-state index contributed by atoms with van der Waals surface area (Å²) in [6.07, 6.45) is 2.54. The topological polar surface area (TPSA) is 26.7 Å². The van der Waals surface area contributed by atoms with Crippen LogP contribution in [0.2, 0.25) is 0 Å². The smallest absolute Gasteiger partial charge is 0.126 e. The van der Waals surface area contributed by atoms with Crippen molar-refractivity contribution in [2.75, 3.05) is 19.6 Å². The van der Waals surface area contributed by atoms with Gasteiger partial charge in [-0.2, -0.15) is 0 Å². The van der Waals surface area contributed by atoms with Crippen LogP contribution in [-0.2, 0) is 6.54 Å². The van der Waals surface area contributed by atoms with Gasteiger partial charge in [0.25, 0.3) is 0 Å². The van der Waals surface area contributed by atoms with Crippen LogP contribution < -0.4 is 0 Å². The molecule has 0 aliphatic carbocycles. The number of halogens is 1. The zero-order valence-corrected chi connectivity index (χ0v) is 15.8. The molecule has 1 N–H and O–H groups in total. The Labute approximate surface area is 160 Å². The first-order chi connectivity index (χ1) is 13.1. The minimum atomic E-state index is -0.110. The minimum Gasteiger partial charge on any atom is -0.508 e. The van der Waals surface area contributed by atoms with Crippen molar-refractivity contribution < 1.29 is 9.50 Å². The number of fused-ring (bicyclic) bond motifs is 2. The Morgan fingerprint density at radius 1 is 1.07 bits per heavy atom. The molecule has 2 aromatic rings. The fraction of sp³-hybridized carbons (Fsp3) is 0.478. The number of phenolic OH excluding ortho intramolecular Hbond substituents is 1. The molecule has 2 aromatic carbocycles.